The lowest BCUT2D eigenvalue weighted by Gasteiger charge is -2.11. The minimum atomic E-state index is 0.356. The second kappa shape index (κ2) is 6.73. The number of halogens is 2. The van der Waals surface area contributed by atoms with Crippen molar-refractivity contribution < 1.29 is 9.47 Å². The van der Waals surface area contributed by atoms with Gasteiger partial charge in [-0.2, -0.15) is 5.26 Å². The molecule has 0 amide bonds. The highest BCUT2D eigenvalue weighted by Gasteiger charge is 2.08. The molecule has 1 aromatic heterocycles. The van der Waals surface area contributed by atoms with E-state index < -0.39 is 0 Å². The molecule has 0 aliphatic rings. The molecule has 0 radical (unpaired) electrons. The van der Waals surface area contributed by atoms with E-state index in [1.807, 2.05) is 24.3 Å². The third-order valence-electron chi connectivity index (χ3n) is 2.54. The van der Waals surface area contributed by atoms with E-state index in [0.717, 1.165) is 20.3 Å². The Morgan fingerprint density at radius 1 is 1.20 bits per heavy atom. The predicted molar refractivity (Wildman–Crippen MR) is 81.7 cm³/mol. The van der Waals surface area contributed by atoms with Gasteiger partial charge < -0.3 is 9.47 Å². The normalized spacial score (nSPS) is 9.90. The standard InChI is InChI=1S/C14H10Br2N2O2/c1-19-13-5-12(16)14(6-11(13)15)20-8-9-2-3-18-10(4-9)7-17/h2-6H,8H2,1H3. The summed E-state index contributed by atoms with van der Waals surface area (Å²) in [5.41, 5.74) is 1.26. The largest absolute Gasteiger partial charge is 0.496 e. The Bertz CT molecular complexity index is 669. The fraction of sp³-hybridized carbons (Fsp3) is 0.143. The zero-order valence-corrected chi connectivity index (χ0v) is 13.7. The summed E-state index contributed by atoms with van der Waals surface area (Å²) in [6.45, 7) is 0.356. The number of pyridine rings is 1. The van der Waals surface area contributed by atoms with Crippen molar-refractivity contribution in [3.8, 4) is 17.6 Å². The minimum Gasteiger partial charge on any atom is -0.496 e. The molecule has 2 aromatic rings. The van der Waals surface area contributed by atoms with Gasteiger partial charge in [0, 0.05) is 6.20 Å². The zero-order valence-electron chi connectivity index (χ0n) is 10.6. The molecule has 2 rings (SSSR count). The third-order valence-corrected chi connectivity index (χ3v) is 3.78. The molecular weight excluding hydrogens is 388 g/mol. The van der Waals surface area contributed by atoms with Gasteiger partial charge in [-0.1, -0.05) is 0 Å². The van der Waals surface area contributed by atoms with Gasteiger partial charge in [0.15, 0.2) is 0 Å². The van der Waals surface area contributed by atoms with Crippen molar-refractivity contribution in [3.05, 3.63) is 50.7 Å². The fourth-order valence-electron chi connectivity index (χ4n) is 1.56. The number of hydrogen-bond acceptors (Lipinski definition) is 4. The Kier molecular flexibility index (Phi) is 4.99. The summed E-state index contributed by atoms with van der Waals surface area (Å²) in [5.74, 6) is 1.41. The van der Waals surface area contributed by atoms with Crippen LogP contribution in [0.5, 0.6) is 11.5 Å². The summed E-state index contributed by atoms with van der Waals surface area (Å²) >= 11 is 6.84. The van der Waals surface area contributed by atoms with Crippen molar-refractivity contribution in [1.82, 2.24) is 4.98 Å². The van der Waals surface area contributed by atoms with Crippen molar-refractivity contribution in [2.24, 2.45) is 0 Å². The highest BCUT2D eigenvalue weighted by molar-refractivity contribution is 9.11. The van der Waals surface area contributed by atoms with Gasteiger partial charge in [-0.05, 0) is 61.7 Å². The Morgan fingerprint density at radius 3 is 2.60 bits per heavy atom. The van der Waals surface area contributed by atoms with E-state index in [2.05, 4.69) is 36.8 Å². The molecule has 0 aliphatic heterocycles. The summed E-state index contributed by atoms with van der Waals surface area (Å²) in [4.78, 5) is 3.92. The third kappa shape index (κ3) is 3.50. The monoisotopic (exact) mass is 396 g/mol. The number of benzene rings is 1. The van der Waals surface area contributed by atoms with Crippen LogP contribution in [0.4, 0.5) is 0 Å². The van der Waals surface area contributed by atoms with Gasteiger partial charge in [-0.15, -0.1) is 0 Å². The smallest absolute Gasteiger partial charge is 0.140 e. The van der Waals surface area contributed by atoms with Crippen LogP contribution in [0, 0.1) is 11.3 Å². The second-order valence-electron chi connectivity index (χ2n) is 3.87. The molecule has 0 bridgehead atoms. The SMILES string of the molecule is COc1cc(Br)c(OCc2ccnc(C#N)c2)cc1Br. The van der Waals surface area contributed by atoms with Crippen molar-refractivity contribution >= 4 is 31.9 Å². The fourth-order valence-corrected chi connectivity index (χ4v) is 2.48. The molecule has 4 nitrogen and oxygen atoms in total. The molecule has 0 spiro atoms. The maximum absolute atomic E-state index is 8.80. The van der Waals surface area contributed by atoms with Crippen molar-refractivity contribution in [2.45, 2.75) is 6.61 Å². The Labute approximate surface area is 133 Å². The lowest BCUT2D eigenvalue weighted by atomic mass is 10.2. The highest BCUT2D eigenvalue weighted by Crippen LogP contribution is 2.36. The van der Waals surface area contributed by atoms with Crippen LogP contribution in [-0.2, 0) is 6.61 Å². The van der Waals surface area contributed by atoms with Crippen LogP contribution in [0.25, 0.3) is 0 Å². The van der Waals surface area contributed by atoms with Gasteiger partial charge in [-0.3, -0.25) is 0 Å². The molecule has 20 heavy (non-hydrogen) atoms. The molecule has 0 aliphatic carbocycles. The molecule has 0 fully saturated rings. The maximum atomic E-state index is 8.80. The van der Waals surface area contributed by atoms with E-state index >= 15 is 0 Å². The Balaban J connectivity index is 2.15. The quantitative estimate of drug-likeness (QED) is 0.780. The Hall–Kier alpha value is -1.58. The first-order valence-corrected chi connectivity index (χ1v) is 7.23. The number of nitriles is 1. The predicted octanol–water partition coefficient (Wildman–Crippen LogP) is 4.07. The zero-order chi connectivity index (χ0) is 14.5. The van der Waals surface area contributed by atoms with Gasteiger partial charge >= 0.3 is 0 Å². The van der Waals surface area contributed by atoms with E-state index in [4.69, 9.17) is 14.7 Å². The molecule has 1 aromatic carbocycles. The van der Waals surface area contributed by atoms with Crippen LogP contribution >= 0.6 is 31.9 Å². The lowest BCUT2D eigenvalue weighted by molar-refractivity contribution is 0.303. The highest BCUT2D eigenvalue weighted by atomic mass is 79.9. The number of ether oxygens (including phenoxy) is 2. The van der Waals surface area contributed by atoms with E-state index in [1.165, 1.54) is 0 Å². The first-order chi connectivity index (χ1) is 9.63. The van der Waals surface area contributed by atoms with Crippen molar-refractivity contribution in [2.75, 3.05) is 7.11 Å². The molecular formula is C14H10Br2N2O2. The van der Waals surface area contributed by atoms with Crippen molar-refractivity contribution in [3.63, 3.8) is 0 Å². The molecule has 0 unspecified atom stereocenters. The number of methoxy groups -OCH3 is 1. The minimum absolute atomic E-state index is 0.356. The average Bonchev–Trinajstić information content (AvgIpc) is 2.48. The molecule has 0 saturated carbocycles. The van der Waals surface area contributed by atoms with Gasteiger partial charge in [0.05, 0.1) is 16.1 Å². The topological polar surface area (TPSA) is 55.1 Å². The summed E-state index contributed by atoms with van der Waals surface area (Å²) in [5, 5.41) is 8.80. The first-order valence-electron chi connectivity index (χ1n) is 5.65. The summed E-state index contributed by atoms with van der Waals surface area (Å²) in [6, 6.07) is 9.17. The summed E-state index contributed by atoms with van der Waals surface area (Å²) in [7, 11) is 1.60. The van der Waals surface area contributed by atoms with Crippen LogP contribution in [0.2, 0.25) is 0 Å². The second-order valence-corrected chi connectivity index (χ2v) is 5.58. The molecule has 0 N–H and O–H groups in total. The Morgan fingerprint density at radius 2 is 1.90 bits per heavy atom. The van der Waals surface area contributed by atoms with Crippen LogP contribution in [0.1, 0.15) is 11.3 Å². The van der Waals surface area contributed by atoms with Gasteiger partial charge in [-0.25, -0.2) is 4.98 Å². The van der Waals surface area contributed by atoms with Gasteiger partial charge in [0.25, 0.3) is 0 Å². The molecule has 1 heterocycles. The number of hydrogen-bond donors (Lipinski definition) is 0. The summed E-state index contributed by atoms with van der Waals surface area (Å²) in [6.07, 6.45) is 1.59. The van der Waals surface area contributed by atoms with E-state index in [9.17, 15) is 0 Å². The van der Waals surface area contributed by atoms with E-state index in [1.54, 1.807) is 19.4 Å². The van der Waals surface area contributed by atoms with Crippen LogP contribution in [0.15, 0.2) is 39.4 Å². The van der Waals surface area contributed by atoms with E-state index in [0.29, 0.717) is 18.1 Å². The van der Waals surface area contributed by atoms with Gasteiger partial charge in [0.2, 0.25) is 0 Å². The van der Waals surface area contributed by atoms with Crippen molar-refractivity contribution in [1.29, 1.82) is 5.26 Å². The molecule has 0 saturated heterocycles. The number of nitrogens with zero attached hydrogens (tertiary/aromatic N) is 2. The van der Waals surface area contributed by atoms with E-state index in [-0.39, 0.29) is 0 Å². The van der Waals surface area contributed by atoms with Crippen LogP contribution in [-0.4, -0.2) is 12.1 Å². The molecule has 102 valence electrons. The average molecular weight is 398 g/mol. The van der Waals surface area contributed by atoms with Crippen LogP contribution < -0.4 is 9.47 Å². The van der Waals surface area contributed by atoms with Gasteiger partial charge in [0.1, 0.15) is 29.9 Å². The maximum Gasteiger partial charge on any atom is 0.140 e. The molecule has 6 heteroatoms. The number of aromatic nitrogens is 1. The first kappa shape index (κ1) is 14.8. The number of rotatable bonds is 4. The molecule has 0 atom stereocenters. The summed E-state index contributed by atoms with van der Waals surface area (Å²) < 4.78 is 12.5. The lowest BCUT2D eigenvalue weighted by Crippen LogP contribution is -1.98. The van der Waals surface area contributed by atoms with Crippen LogP contribution in [0.3, 0.4) is 0 Å².